The molecule has 1 unspecified atom stereocenters. The third-order valence-corrected chi connectivity index (χ3v) is 4.72. The standard InChI is InChI=1S/C16H22N4O3/c21-16(11-13-1-3-14(4-2-13)20(22)23)19-9-7-18(8-10-19)15-5-6-17-12-15/h1-4,15,17H,5-12H2. The minimum atomic E-state index is -0.428. The second-order valence-corrected chi connectivity index (χ2v) is 6.16. The van der Waals surface area contributed by atoms with Gasteiger partial charge in [-0.2, -0.15) is 0 Å². The Morgan fingerprint density at radius 1 is 1.22 bits per heavy atom. The van der Waals surface area contributed by atoms with E-state index in [1.807, 2.05) is 4.90 Å². The van der Waals surface area contributed by atoms with Crippen molar-refractivity contribution in [1.82, 2.24) is 15.1 Å². The number of rotatable bonds is 4. The first-order valence-electron chi connectivity index (χ1n) is 8.09. The predicted molar refractivity (Wildman–Crippen MR) is 86.2 cm³/mol. The highest BCUT2D eigenvalue weighted by atomic mass is 16.6. The molecule has 0 aliphatic carbocycles. The molecule has 7 heteroatoms. The SMILES string of the molecule is O=C(Cc1ccc([N+](=O)[O-])cc1)N1CCN(C2CCNC2)CC1. The average molecular weight is 318 g/mol. The van der Waals surface area contributed by atoms with E-state index in [9.17, 15) is 14.9 Å². The number of nitrogens with zero attached hydrogens (tertiary/aromatic N) is 3. The Morgan fingerprint density at radius 3 is 2.48 bits per heavy atom. The first kappa shape index (κ1) is 15.9. The number of benzene rings is 1. The fraction of sp³-hybridized carbons (Fsp3) is 0.562. The second kappa shape index (κ2) is 7.06. The highest BCUT2D eigenvalue weighted by Crippen LogP contribution is 2.15. The third-order valence-electron chi connectivity index (χ3n) is 4.72. The van der Waals surface area contributed by atoms with Crippen LogP contribution >= 0.6 is 0 Å². The summed E-state index contributed by atoms with van der Waals surface area (Å²) in [6, 6.07) is 6.84. The van der Waals surface area contributed by atoms with Crippen LogP contribution < -0.4 is 5.32 Å². The molecule has 2 aliphatic heterocycles. The first-order valence-corrected chi connectivity index (χ1v) is 8.09. The summed E-state index contributed by atoms with van der Waals surface area (Å²) in [4.78, 5) is 27.0. The van der Waals surface area contributed by atoms with E-state index in [1.165, 1.54) is 18.6 Å². The van der Waals surface area contributed by atoms with Crippen molar-refractivity contribution in [2.75, 3.05) is 39.3 Å². The van der Waals surface area contributed by atoms with Gasteiger partial charge in [-0.3, -0.25) is 19.8 Å². The van der Waals surface area contributed by atoms with Crippen molar-refractivity contribution in [3.63, 3.8) is 0 Å². The summed E-state index contributed by atoms with van der Waals surface area (Å²) in [5, 5.41) is 14.0. The van der Waals surface area contributed by atoms with Crippen molar-refractivity contribution < 1.29 is 9.72 Å². The predicted octanol–water partition coefficient (Wildman–Crippen LogP) is 0.643. The average Bonchev–Trinajstić information content (AvgIpc) is 3.10. The second-order valence-electron chi connectivity index (χ2n) is 6.16. The van der Waals surface area contributed by atoms with E-state index in [4.69, 9.17) is 0 Å². The fourth-order valence-corrected chi connectivity index (χ4v) is 3.31. The van der Waals surface area contributed by atoms with E-state index < -0.39 is 4.92 Å². The summed E-state index contributed by atoms with van der Waals surface area (Å²) in [6.45, 7) is 5.53. The van der Waals surface area contributed by atoms with Gasteiger partial charge < -0.3 is 10.2 Å². The Bertz CT molecular complexity index is 561. The van der Waals surface area contributed by atoms with Crippen LogP contribution in [0.5, 0.6) is 0 Å². The van der Waals surface area contributed by atoms with Gasteiger partial charge in [-0.1, -0.05) is 12.1 Å². The van der Waals surface area contributed by atoms with E-state index in [-0.39, 0.29) is 11.6 Å². The number of hydrogen-bond donors (Lipinski definition) is 1. The third kappa shape index (κ3) is 3.86. The van der Waals surface area contributed by atoms with Crippen LogP contribution in [0.3, 0.4) is 0 Å². The molecule has 1 aromatic carbocycles. The van der Waals surface area contributed by atoms with Crippen molar-refractivity contribution in [1.29, 1.82) is 0 Å². The number of nitro benzene ring substituents is 1. The lowest BCUT2D eigenvalue weighted by Crippen LogP contribution is -2.52. The minimum absolute atomic E-state index is 0.0555. The van der Waals surface area contributed by atoms with Crippen LogP contribution in [0.25, 0.3) is 0 Å². The van der Waals surface area contributed by atoms with E-state index in [2.05, 4.69) is 10.2 Å². The molecule has 7 nitrogen and oxygen atoms in total. The minimum Gasteiger partial charge on any atom is -0.340 e. The largest absolute Gasteiger partial charge is 0.340 e. The Hall–Kier alpha value is -1.99. The summed E-state index contributed by atoms with van der Waals surface area (Å²) in [5.41, 5.74) is 0.878. The van der Waals surface area contributed by atoms with Crippen LogP contribution in [0.15, 0.2) is 24.3 Å². The Kier molecular flexibility index (Phi) is 4.88. The number of non-ortho nitro benzene ring substituents is 1. The number of piperazine rings is 1. The van der Waals surface area contributed by atoms with E-state index in [0.29, 0.717) is 12.5 Å². The first-order chi connectivity index (χ1) is 11.1. The van der Waals surface area contributed by atoms with E-state index in [1.54, 1.807) is 12.1 Å². The van der Waals surface area contributed by atoms with Crippen LogP contribution in [0, 0.1) is 10.1 Å². The molecule has 0 bridgehead atoms. The summed E-state index contributed by atoms with van der Waals surface area (Å²) in [6.07, 6.45) is 1.50. The zero-order valence-electron chi connectivity index (χ0n) is 13.1. The normalized spacial score (nSPS) is 22.3. The molecule has 2 aliphatic rings. The van der Waals surface area contributed by atoms with Gasteiger partial charge in [0.1, 0.15) is 0 Å². The highest BCUT2D eigenvalue weighted by molar-refractivity contribution is 5.79. The van der Waals surface area contributed by atoms with Gasteiger partial charge in [0.15, 0.2) is 0 Å². The van der Waals surface area contributed by atoms with Crippen molar-refractivity contribution in [3.8, 4) is 0 Å². The Labute approximate surface area is 135 Å². The van der Waals surface area contributed by atoms with Gasteiger partial charge in [0.2, 0.25) is 5.91 Å². The topological polar surface area (TPSA) is 78.7 Å². The molecule has 2 heterocycles. The Balaban J connectivity index is 1.50. The number of nitro groups is 1. The van der Waals surface area contributed by atoms with Crippen LogP contribution in [0.4, 0.5) is 5.69 Å². The molecule has 124 valence electrons. The van der Waals surface area contributed by atoms with Gasteiger partial charge in [0.25, 0.3) is 5.69 Å². The summed E-state index contributed by atoms with van der Waals surface area (Å²) in [7, 11) is 0. The number of carbonyl (C=O) groups is 1. The Morgan fingerprint density at radius 2 is 1.91 bits per heavy atom. The molecule has 2 fully saturated rings. The quantitative estimate of drug-likeness (QED) is 0.651. The van der Waals surface area contributed by atoms with Gasteiger partial charge in [-0.15, -0.1) is 0 Å². The van der Waals surface area contributed by atoms with Crippen molar-refractivity contribution in [3.05, 3.63) is 39.9 Å². The fourth-order valence-electron chi connectivity index (χ4n) is 3.31. The molecule has 1 atom stereocenters. The maximum atomic E-state index is 12.4. The number of hydrogen-bond acceptors (Lipinski definition) is 5. The molecular formula is C16H22N4O3. The molecule has 3 rings (SSSR count). The molecule has 0 radical (unpaired) electrons. The van der Waals surface area contributed by atoms with Gasteiger partial charge in [0.05, 0.1) is 11.3 Å². The zero-order chi connectivity index (χ0) is 16.2. The molecule has 0 spiro atoms. The van der Waals surface area contributed by atoms with Crippen LogP contribution in [-0.4, -0.2) is 65.9 Å². The van der Waals surface area contributed by atoms with E-state index >= 15 is 0 Å². The molecule has 2 saturated heterocycles. The summed E-state index contributed by atoms with van der Waals surface area (Å²) >= 11 is 0. The van der Waals surface area contributed by atoms with Crippen LogP contribution in [-0.2, 0) is 11.2 Å². The van der Waals surface area contributed by atoms with Gasteiger partial charge in [-0.25, -0.2) is 0 Å². The van der Waals surface area contributed by atoms with Gasteiger partial charge in [0, 0.05) is 50.9 Å². The summed E-state index contributed by atoms with van der Waals surface area (Å²) in [5.74, 6) is 0.100. The molecule has 23 heavy (non-hydrogen) atoms. The van der Waals surface area contributed by atoms with Crippen molar-refractivity contribution in [2.45, 2.75) is 18.9 Å². The van der Waals surface area contributed by atoms with Crippen LogP contribution in [0.2, 0.25) is 0 Å². The lowest BCUT2D eigenvalue weighted by Gasteiger charge is -2.37. The van der Waals surface area contributed by atoms with E-state index in [0.717, 1.165) is 44.8 Å². The summed E-state index contributed by atoms with van der Waals surface area (Å²) < 4.78 is 0. The number of amides is 1. The lowest BCUT2D eigenvalue weighted by atomic mass is 10.1. The van der Waals surface area contributed by atoms with Crippen molar-refractivity contribution >= 4 is 11.6 Å². The number of nitrogens with one attached hydrogen (secondary N) is 1. The van der Waals surface area contributed by atoms with Gasteiger partial charge >= 0.3 is 0 Å². The monoisotopic (exact) mass is 318 g/mol. The van der Waals surface area contributed by atoms with Crippen molar-refractivity contribution in [2.24, 2.45) is 0 Å². The maximum absolute atomic E-state index is 12.4. The highest BCUT2D eigenvalue weighted by Gasteiger charge is 2.27. The van der Waals surface area contributed by atoms with Gasteiger partial charge in [-0.05, 0) is 18.5 Å². The zero-order valence-corrected chi connectivity index (χ0v) is 13.1. The smallest absolute Gasteiger partial charge is 0.269 e. The number of carbonyl (C=O) groups excluding carboxylic acids is 1. The molecule has 0 saturated carbocycles. The molecule has 1 aromatic rings. The molecule has 1 amide bonds. The maximum Gasteiger partial charge on any atom is 0.269 e. The molecular weight excluding hydrogens is 296 g/mol. The molecule has 1 N–H and O–H groups in total. The van der Waals surface area contributed by atoms with Crippen LogP contribution in [0.1, 0.15) is 12.0 Å². The lowest BCUT2D eigenvalue weighted by molar-refractivity contribution is -0.384. The molecule has 0 aromatic heterocycles.